The molecule has 0 atom stereocenters. The maximum Gasteiger partial charge on any atom is 0.240 e. The van der Waals surface area contributed by atoms with E-state index >= 15 is 0 Å². The molecule has 0 bridgehead atoms. The number of amides is 1. The van der Waals surface area contributed by atoms with Crippen molar-refractivity contribution < 1.29 is 9.32 Å². The Bertz CT molecular complexity index is 949. The molecule has 0 saturated carbocycles. The predicted octanol–water partition coefficient (Wildman–Crippen LogP) is 3.34. The van der Waals surface area contributed by atoms with Gasteiger partial charge in [-0.25, -0.2) is 4.98 Å². The summed E-state index contributed by atoms with van der Waals surface area (Å²) >= 11 is 1.76. The Morgan fingerprint density at radius 3 is 2.59 bits per heavy atom. The van der Waals surface area contributed by atoms with E-state index in [1.165, 1.54) is 4.70 Å². The second kappa shape index (κ2) is 8.22. The van der Waals surface area contributed by atoms with Gasteiger partial charge in [0.25, 0.3) is 0 Å². The number of nitrogens with zero attached hydrogens (tertiary/aromatic N) is 4. The minimum Gasteiger partial charge on any atom is -0.338 e. The van der Waals surface area contributed by atoms with Crippen molar-refractivity contribution in [1.82, 2.24) is 19.9 Å². The van der Waals surface area contributed by atoms with Gasteiger partial charge < -0.3 is 4.52 Å². The van der Waals surface area contributed by atoms with Crippen molar-refractivity contribution >= 4 is 33.3 Å². The molecule has 8 heteroatoms. The summed E-state index contributed by atoms with van der Waals surface area (Å²) in [7, 11) is 0. The Morgan fingerprint density at radius 2 is 1.90 bits per heavy atom. The van der Waals surface area contributed by atoms with Gasteiger partial charge in [0.15, 0.2) is 0 Å². The molecule has 3 heterocycles. The lowest BCUT2D eigenvalue weighted by Crippen LogP contribution is -2.48. The number of aromatic nitrogens is 2. The minimum atomic E-state index is -0.105. The van der Waals surface area contributed by atoms with E-state index in [-0.39, 0.29) is 11.3 Å². The number of piperazine rings is 1. The predicted molar refractivity (Wildman–Crippen MR) is 115 cm³/mol. The van der Waals surface area contributed by atoms with Gasteiger partial charge in [-0.2, -0.15) is 0 Å². The lowest BCUT2D eigenvalue weighted by atomic mass is 9.92. The molecule has 1 aromatic carbocycles. The summed E-state index contributed by atoms with van der Waals surface area (Å²) in [6, 6.07) is 10.1. The van der Waals surface area contributed by atoms with Crippen LogP contribution < -0.4 is 5.32 Å². The summed E-state index contributed by atoms with van der Waals surface area (Å²) in [5.41, 5.74) is 1.80. The summed E-state index contributed by atoms with van der Waals surface area (Å²) < 4.78 is 6.48. The van der Waals surface area contributed by atoms with Gasteiger partial charge >= 0.3 is 0 Å². The lowest BCUT2D eigenvalue weighted by Gasteiger charge is -2.33. The SMILES string of the molecule is CC(C)(C)c1cc(NC(=O)CN2CCN(Cc3nc4ccccc4s3)CC2)on1. The first kappa shape index (κ1) is 20.0. The Morgan fingerprint density at radius 1 is 1.17 bits per heavy atom. The number of para-hydroxylation sites is 1. The Kier molecular flexibility index (Phi) is 5.67. The van der Waals surface area contributed by atoms with Crippen molar-refractivity contribution in [3.05, 3.63) is 41.0 Å². The van der Waals surface area contributed by atoms with E-state index in [2.05, 4.69) is 59.2 Å². The number of carbonyl (C=O) groups excluding carboxylic acids is 1. The highest BCUT2D eigenvalue weighted by molar-refractivity contribution is 7.18. The summed E-state index contributed by atoms with van der Waals surface area (Å²) in [5, 5.41) is 8.00. The topological polar surface area (TPSA) is 74.5 Å². The van der Waals surface area contributed by atoms with Crippen molar-refractivity contribution in [3.63, 3.8) is 0 Å². The van der Waals surface area contributed by atoms with Crippen LogP contribution in [0.5, 0.6) is 0 Å². The van der Waals surface area contributed by atoms with Crippen molar-refractivity contribution in [3.8, 4) is 0 Å². The monoisotopic (exact) mass is 413 g/mol. The molecule has 7 nitrogen and oxygen atoms in total. The number of thiazole rings is 1. The van der Waals surface area contributed by atoms with Gasteiger partial charge in [-0.3, -0.25) is 19.9 Å². The molecule has 0 radical (unpaired) electrons. The molecule has 1 aliphatic heterocycles. The van der Waals surface area contributed by atoms with Crippen LogP contribution >= 0.6 is 11.3 Å². The number of anilines is 1. The number of carbonyl (C=O) groups is 1. The first-order valence-corrected chi connectivity index (χ1v) is 10.7. The summed E-state index contributed by atoms with van der Waals surface area (Å²) in [4.78, 5) is 21.6. The lowest BCUT2D eigenvalue weighted by molar-refractivity contribution is -0.117. The number of hydrogen-bond donors (Lipinski definition) is 1. The van der Waals surface area contributed by atoms with Crippen LogP contribution in [0.4, 0.5) is 5.88 Å². The molecule has 3 aromatic rings. The molecule has 1 aliphatic rings. The zero-order valence-corrected chi connectivity index (χ0v) is 18.0. The van der Waals surface area contributed by atoms with E-state index in [0.29, 0.717) is 12.4 Å². The first-order chi connectivity index (χ1) is 13.9. The van der Waals surface area contributed by atoms with Crippen molar-refractivity contribution in [2.24, 2.45) is 0 Å². The van der Waals surface area contributed by atoms with E-state index in [0.717, 1.165) is 48.9 Å². The van der Waals surface area contributed by atoms with Crippen molar-refractivity contribution in [2.45, 2.75) is 32.7 Å². The van der Waals surface area contributed by atoms with E-state index < -0.39 is 0 Å². The van der Waals surface area contributed by atoms with Gasteiger partial charge in [-0.05, 0) is 12.1 Å². The minimum absolute atomic E-state index is 0.0683. The largest absolute Gasteiger partial charge is 0.338 e. The van der Waals surface area contributed by atoms with E-state index in [9.17, 15) is 4.79 Å². The fraction of sp³-hybridized carbons (Fsp3) is 0.476. The maximum absolute atomic E-state index is 12.3. The van der Waals surface area contributed by atoms with E-state index in [1.54, 1.807) is 17.4 Å². The third-order valence-corrected chi connectivity index (χ3v) is 6.09. The Hall–Kier alpha value is -2.29. The molecule has 1 amide bonds. The van der Waals surface area contributed by atoms with Crippen LogP contribution in [0.15, 0.2) is 34.9 Å². The molecular formula is C21H27N5O2S. The molecule has 0 spiro atoms. The van der Waals surface area contributed by atoms with Gasteiger partial charge in [-0.15, -0.1) is 11.3 Å². The number of hydrogen-bond acceptors (Lipinski definition) is 7. The number of rotatable bonds is 5. The van der Waals surface area contributed by atoms with Crippen molar-refractivity contribution in [2.75, 3.05) is 38.0 Å². The third-order valence-electron chi connectivity index (χ3n) is 5.07. The van der Waals surface area contributed by atoms with Gasteiger partial charge in [0.1, 0.15) is 5.01 Å². The highest BCUT2D eigenvalue weighted by atomic mass is 32.1. The zero-order chi connectivity index (χ0) is 20.4. The van der Waals surface area contributed by atoms with Crippen LogP contribution in [0.25, 0.3) is 10.2 Å². The van der Waals surface area contributed by atoms with Crippen LogP contribution in [0, 0.1) is 0 Å². The molecule has 1 N–H and O–H groups in total. The highest BCUT2D eigenvalue weighted by Gasteiger charge is 2.22. The molecule has 0 unspecified atom stereocenters. The summed E-state index contributed by atoms with van der Waals surface area (Å²) in [6.45, 7) is 11.0. The average molecular weight is 414 g/mol. The maximum atomic E-state index is 12.3. The fourth-order valence-corrected chi connectivity index (χ4v) is 4.36. The molecule has 29 heavy (non-hydrogen) atoms. The van der Waals surface area contributed by atoms with Crippen molar-refractivity contribution in [1.29, 1.82) is 0 Å². The standard InChI is InChI=1S/C21H27N5O2S/c1-21(2,3)17-12-19(28-24-17)23-18(27)13-25-8-10-26(11-9-25)14-20-22-15-6-4-5-7-16(15)29-20/h4-7,12H,8-11,13-14H2,1-3H3,(H,23,27). The summed E-state index contributed by atoms with van der Waals surface area (Å²) in [5.74, 6) is 0.343. The van der Waals surface area contributed by atoms with Crippen LogP contribution in [0.1, 0.15) is 31.5 Å². The molecule has 1 fully saturated rings. The third kappa shape index (κ3) is 5.01. The summed E-state index contributed by atoms with van der Waals surface area (Å²) in [6.07, 6.45) is 0. The van der Waals surface area contributed by atoms with Gasteiger partial charge in [0, 0.05) is 37.7 Å². The second-order valence-corrected chi connectivity index (χ2v) is 9.62. The Balaban J connectivity index is 1.24. The molecule has 2 aromatic heterocycles. The van der Waals surface area contributed by atoms with E-state index in [4.69, 9.17) is 9.51 Å². The van der Waals surface area contributed by atoms with Gasteiger partial charge in [0.2, 0.25) is 11.8 Å². The van der Waals surface area contributed by atoms with Crippen LogP contribution in [-0.2, 0) is 16.8 Å². The molecular weight excluding hydrogens is 386 g/mol. The molecule has 1 saturated heterocycles. The molecule has 154 valence electrons. The second-order valence-electron chi connectivity index (χ2n) is 8.50. The van der Waals surface area contributed by atoms with Crippen LogP contribution in [-0.4, -0.2) is 58.6 Å². The van der Waals surface area contributed by atoms with Crippen LogP contribution in [0.3, 0.4) is 0 Å². The Labute approximate surface area is 174 Å². The first-order valence-electron chi connectivity index (χ1n) is 9.93. The van der Waals surface area contributed by atoms with Gasteiger partial charge in [-0.1, -0.05) is 38.1 Å². The molecule has 4 rings (SSSR count). The normalized spacial score (nSPS) is 16.4. The zero-order valence-electron chi connectivity index (χ0n) is 17.1. The highest BCUT2D eigenvalue weighted by Crippen LogP contribution is 2.24. The molecule has 0 aliphatic carbocycles. The quantitative estimate of drug-likeness (QED) is 0.692. The van der Waals surface area contributed by atoms with Gasteiger partial charge in [0.05, 0.1) is 29.0 Å². The fourth-order valence-electron chi connectivity index (χ4n) is 3.35. The smallest absolute Gasteiger partial charge is 0.240 e. The number of fused-ring (bicyclic) bond motifs is 1. The number of nitrogens with one attached hydrogen (secondary N) is 1. The number of benzene rings is 1. The van der Waals surface area contributed by atoms with E-state index in [1.807, 2.05) is 6.07 Å². The average Bonchev–Trinajstić information content (AvgIpc) is 3.29. The van der Waals surface area contributed by atoms with Crippen LogP contribution in [0.2, 0.25) is 0 Å².